The van der Waals surface area contributed by atoms with Gasteiger partial charge in [0.25, 0.3) is 0 Å². The molecule has 0 saturated heterocycles. The molecule has 1 aliphatic rings. The highest BCUT2D eigenvalue weighted by Gasteiger charge is 2.32. The van der Waals surface area contributed by atoms with Crippen molar-refractivity contribution in [2.75, 3.05) is 7.11 Å². The van der Waals surface area contributed by atoms with E-state index in [0.29, 0.717) is 6.54 Å². The summed E-state index contributed by atoms with van der Waals surface area (Å²) in [5.74, 6) is 0.186. The number of carbonyl (C=O) groups is 1. The third-order valence-corrected chi connectivity index (χ3v) is 5.12. The number of ether oxygens (including phenoxy) is 2. The van der Waals surface area contributed by atoms with Crippen molar-refractivity contribution >= 4 is 5.91 Å². The minimum Gasteiger partial charge on any atom is -0.493 e. The third kappa shape index (κ3) is 5.20. The van der Waals surface area contributed by atoms with Crippen LogP contribution in [0.4, 0.5) is 8.78 Å². The van der Waals surface area contributed by atoms with Gasteiger partial charge in [-0.15, -0.1) is 0 Å². The Bertz CT molecular complexity index is 1040. The highest BCUT2D eigenvalue weighted by atomic mass is 19.3. The van der Waals surface area contributed by atoms with Crippen LogP contribution in [0.3, 0.4) is 0 Å². The van der Waals surface area contributed by atoms with E-state index in [0.717, 1.165) is 29.7 Å². The largest absolute Gasteiger partial charge is 0.493 e. The summed E-state index contributed by atoms with van der Waals surface area (Å²) in [6.07, 6.45) is 5.72. The van der Waals surface area contributed by atoms with Crippen LogP contribution in [-0.2, 0) is 17.8 Å². The first-order valence-electron chi connectivity index (χ1n) is 10.0. The predicted octanol–water partition coefficient (Wildman–Crippen LogP) is 4.22. The summed E-state index contributed by atoms with van der Waals surface area (Å²) in [5, 5.41) is 4.35. The first-order chi connectivity index (χ1) is 15.0. The Morgan fingerprint density at radius 2 is 1.94 bits per heavy atom. The lowest BCUT2D eigenvalue weighted by molar-refractivity contribution is -0.131. The van der Waals surface area contributed by atoms with Crippen LogP contribution in [0.1, 0.15) is 24.0 Å². The van der Waals surface area contributed by atoms with Crippen molar-refractivity contribution in [1.82, 2.24) is 14.7 Å². The van der Waals surface area contributed by atoms with Gasteiger partial charge in [0.2, 0.25) is 5.91 Å². The summed E-state index contributed by atoms with van der Waals surface area (Å²) in [7, 11) is 1.39. The number of hydrogen-bond acceptors (Lipinski definition) is 4. The average molecular weight is 427 g/mol. The normalized spacial score (nSPS) is 13.3. The van der Waals surface area contributed by atoms with Crippen LogP contribution in [0.2, 0.25) is 0 Å². The number of para-hydroxylation sites is 1. The zero-order valence-corrected chi connectivity index (χ0v) is 17.1. The lowest BCUT2D eigenvalue weighted by Gasteiger charge is -2.23. The van der Waals surface area contributed by atoms with Crippen molar-refractivity contribution in [2.45, 2.75) is 38.5 Å². The fraction of sp³-hybridized carbons (Fsp3) is 0.304. The van der Waals surface area contributed by atoms with Gasteiger partial charge in [0.15, 0.2) is 11.5 Å². The molecule has 0 aliphatic heterocycles. The van der Waals surface area contributed by atoms with E-state index in [1.54, 1.807) is 23.0 Å². The number of halogens is 2. The standard InChI is InChI=1S/C23H23F2N3O3/c1-30-21-11-16(7-10-20(21)31-23(24)25)14-27(18-8-9-18)22(29)12-17-13-26-28(15-17)19-5-3-2-4-6-19/h2-7,10-11,13,15,18,23H,8-9,12,14H2,1H3. The molecule has 0 radical (unpaired) electrons. The number of alkyl halides is 2. The van der Waals surface area contributed by atoms with Gasteiger partial charge in [-0.25, -0.2) is 4.68 Å². The molecule has 6 nitrogen and oxygen atoms in total. The lowest BCUT2D eigenvalue weighted by Crippen LogP contribution is -2.33. The Balaban J connectivity index is 1.46. The first-order valence-corrected chi connectivity index (χ1v) is 10.0. The SMILES string of the molecule is COc1cc(CN(C(=O)Cc2cnn(-c3ccccc3)c2)C2CC2)ccc1OC(F)F. The van der Waals surface area contributed by atoms with Crippen molar-refractivity contribution in [1.29, 1.82) is 0 Å². The molecule has 1 amide bonds. The van der Waals surface area contributed by atoms with Crippen LogP contribution in [0.15, 0.2) is 60.9 Å². The van der Waals surface area contributed by atoms with Gasteiger partial charge in [0, 0.05) is 18.8 Å². The van der Waals surface area contributed by atoms with Gasteiger partial charge < -0.3 is 14.4 Å². The molecule has 4 rings (SSSR count). The number of benzene rings is 2. The minimum absolute atomic E-state index is 0.00184. The van der Waals surface area contributed by atoms with Crippen LogP contribution in [0, 0.1) is 0 Å². The maximum absolute atomic E-state index is 13.0. The number of nitrogens with zero attached hydrogens (tertiary/aromatic N) is 3. The summed E-state index contributed by atoms with van der Waals surface area (Å²) >= 11 is 0. The van der Waals surface area contributed by atoms with E-state index < -0.39 is 6.61 Å². The number of carbonyl (C=O) groups excluding carboxylic acids is 1. The maximum atomic E-state index is 13.0. The molecular weight excluding hydrogens is 404 g/mol. The number of rotatable bonds is 9. The first kappa shape index (κ1) is 20.8. The quantitative estimate of drug-likeness (QED) is 0.513. The molecule has 1 aliphatic carbocycles. The van der Waals surface area contributed by atoms with Crippen LogP contribution in [0.5, 0.6) is 11.5 Å². The minimum atomic E-state index is -2.93. The number of amides is 1. The molecule has 0 atom stereocenters. The Morgan fingerprint density at radius 1 is 1.16 bits per heavy atom. The summed E-state index contributed by atoms with van der Waals surface area (Å²) in [6, 6.07) is 14.6. The van der Waals surface area contributed by atoms with E-state index in [9.17, 15) is 13.6 Å². The van der Waals surface area contributed by atoms with Gasteiger partial charge in [-0.1, -0.05) is 24.3 Å². The molecule has 1 fully saturated rings. The van der Waals surface area contributed by atoms with Crippen molar-refractivity contribution in [3.8, 4) is 17.2 Å². The van der Waals surface area contributed by atoms with E-state index in [4.69, 9.17) is 4.74 Å². The molecule has 3 aromatic rings. The Labute approximate surface area is 179 Å². The van der Waals surface area contributed by atoms with Gasteiger partial charge >= 0.3 is 6.61 Å². The summed E-state index contributed by atoms with van der Waals surface area (Å²) < 4.78 is 36.5. The predicted molar refractivity (Wildman–Crippen MR) is 110 cm³/mol. The van der Waals surface area contributed by atoms with Gasteiger partial charge in [-0.3, -0.25) is 4.79 Å². The van der Waals surface area contributed by atoms with E-state index in [1.807, 2.05) is 41.4 Å². The van der Waals surface area contributed by atoms with Crippen LogP contribution in [-0.4, -0.2) is 40.4 Å². The molecule has 8 heteroatoms. The zero-order chi connectivity index (χ0) is 21.8. The van der Waals surface area contributed by atoms with Crippen LogP contribution < -0.4 is 9.47 Å². The molecule has 31 heavy (non-hydrogen) atoms. The molecule has 0 N–H and O–H groups in total. The molecule has 1 heterocycles. The molecule has 0 spiro atoms. The smallest absolute Gasteiger partial charge is 0.387 e. The zero-order valence-electron chi connectivity index (χ0n) is 17.1. The molecule has 0 unspecified atom stereocenters. The topological polar surface area (TPSA) is 56.6 Å². The highest BCUT2D eigenvalue weighted by molar-refractivity contribution is 5.79. The van der Waals surface area contributed by atoms with E-state index in [-0.39, 0.29) is 29.9 Å². The van der Waals surface area contributed by atoms with E-state index >= 15 is 0 Å². The fourth-order valence-electron chi connectivity index (χ4n) is 3.46. The highest BCUT2D eigenvalue weighted by Crippen LogP contribution is 2.33. The summed E-state index contributed by atoms with van der Waals surface area (Å²) in [4.78, 5) is 14.9. The lowest BCUT2D eigenvalue weighted by atomic mass is 10.1. The van der Waals surface area contributed by atoms with Crippen molar-refractivity contribution in [3.63, 3.8) is 0 Å². The maximum Gasteiger partial charge on any atom is 0.387 e. The second kappa shape index (κ2) is 9.16. The Hall–Kier alpha value is -3.42. The van der Waals surface area contributed by atoms with Gasteiger partial charge in [-0.2, -0.15) is 13.9 Å². The molecule has 1 aromatic heterocycles. The second-order valence-electron chi connectivity index (χ2n) is 7.42. The molecule has 1 saturated carbocycles. The molecular formula is C23H23F2N3O3. The Morgan fingerprint density at radius 3 is 2.61 bits per heavy atom. The third-order valence-electron chi connectivity index (χ3n) is 5.12. The fourth-order valence-corrected chi connectivity index (χ4v) is 3.46. The van der Waals surface area contributed by atoms with E-state index in [2.05, 4.69) is 9.84 Å². The summed E-state index contributed by atoms with van der Waals surface area (Å²) in [6.45, 7) is -2.55. The molecule has 2 aromatic carbocycles. The number of aromatic nitrogens is 2. The van der Waals surface area contributed by atoms with Crippen molar-refractivity contribution < 1.29 is 23.0 Å². The molecule has 0 bridgehead atoms. The summed E-state index contributed by atoms with van der Waals surface area (Å²) in [5.41, 5.74) is 2.55. The monoisotopic (exact) mass is 427 g/mol. The van der Waals surface area contributed by atoms with Gasteiger partial charge in [-0.05, 0) is 48.2 Å². The van der Waals surface area contributed by atoms with Gasteiger partial charge in [0.05, 0.1) is 25.4 Å². The molecule has 162 valence electrons. The van der Waals surface area contributed by atoms with Crippen LogP contribution in [0.25, 0.3) is 5.69 Å². The Kier molecular flexibility index (Phi) is 6.16. The van der Waals surface area contributed by atoms with Crippen molar-refractivity contribution in [2.24, 2.45) is 0 Å². The van der Waals surface area contributed by atoms with Crippen LogP contribution >= 0.6 is 0 Å². The second-order valence-corrected chi connectivity index (χ2v) is 7.42. The number of methoxy groups -OCH3 is 1. The average Bonchev–Trinajstić information content (AvgIpc) is 3.51. The van der Waals surface area contributed by atoms with Gasteiger partial charge in [0.1, 0.15) is 0 Å². The van der Waals surface area contributed by atoms with E-state index in [1.165, 1.54) is 13.2 Å². The number of hydrogen-bond donors (Lipinski definition) is 0. The van der Waals surface area contributed by atoms with Crippen molar-refractivity contribution in [3.05, 3.63) is 72.1 Å².